The van der Waals surface area contributed by atoms with Gasteiger partial charge in [-0.05, 0) is 12.8 Å². The highest BCUT2D eigenvalue weighted by Gasteiger charge is 2.57. The van der Waals surface area contributed by atoms with Crippen molar-refractivity contribution in [2.24, 2.45) is 0 Å². The van der Waals surface area contributed by atoms with E-state index >= 15 is 0 Å². The lowest BCUT2D eigenvalue weighted by molar-refractivity contribution is 0.412. The van der Waals surface area contributed by atoms with Gasteiger partial charge in [-0.1, -0.05) is 60.6 Å². The Hall–Kier alpha value is 1.35. The van der Waals surface area contributed by atoms with Gasteiger partial charge in [-0.25, -0.2) is 0 Å². The molecule has 3 nitrogen and oxygen atoms in total. The van der Waals surface area contributed by atoms with E-state index in [2.05, 4.69) is 47.8 Å². The van der Waals surface area contributed by atoms with E-state index in [1.54, 1.807) is 0 Å². The fraction of sp³-hybridized carbons (Fsp3) is 1.00. The second-order valence-electron chi connectivity index (χ2n) is 3.12. The summed E-state index contributed by atoms with van der Waals surface area (Å²) in [6.45, 7) is 0. The number of hydrogen-bond acceptors (Lipinski definition) is 2. The molecular weight excluding hydrogens is 392 g/mol. The average molecular weight is 401 g/mol. The fourth-order valence-electron chi connectivity index (χ4n) is 1.39. The van der Waals surface area contributed by atoms with Gasteiger partial charge in [0.25, 0.3) is 10.1 Å². The molecular formula is C6H9Br3O3S. The Morgan fingerprint density at radius 2 is 1.54 bits per heavy atom. The fourth-order valence-corrected chi connectivity index (χ4v) is 4.93. The van der Waals surface area contributed by atoms with Crippen molar-refractivity contribution in [3.05, 3.63) is 0 Å². The molecule has 1 aliphatic carbocycles. The molecule has 78 valence electrons. The summed E-state index contributed by atoms with van der Waals surface area (Å²) in [4.78, 5) is 0. The van der Waals surface area contributed by atoms with Crippen LogP contribution in [0.5, 0.6) is 0 Å². The van der Waals surface area contributed by atoms with Gasteiger partial charge in [0.05, 0.1) is 0 Å². The van der Waals surface area contributed by atoms with Crippen LogP contribution in [0.1, 0.15) is 25.7 Å². The second kappa shape index (κ2) is 3.73. The molecule has 1 fully saturated rings. The quantitative estimate of drug-likeness (QED) is 0.543. The zero-order chi connectivity index (χ0) is 10.3. The van der Waals surface area contributed by atoms with E-state index in [0.29, 0.717) is 12.8 Å². The summed E-state index contributed by atoms with van der Waals surface area (Å²) >= 11 is 9.67. The third-order valence-electron chi connectivity index (χ3n) is 2.19. The van der Waals surface area contributed by atoms with E-state index < -0.39 is 17.0 Å². The number of rotatable bonds is 1. The summed E-state index contributed by atoms with van der Waals surface area (Å²) in [7, 11) is -4.11. The van der Waals surface area contributed by atoms with Crippen molar-refractivity contribution in [1.82, 2.24) is 0 Å². The van der Waals surface area contributed by atoms with Crippen LogP contribution in [0.25, 0.3) is 0 Å². The van der Waals surface area contributed by atoms with Crippen molar-refractivity contribution in [2.75, 3.05) is 0 Å². The maximum atomic E-state index is 11.2. The van der Waals surface area contributed by atoms with Gasteiger partial charge in [-0.15, -0.1) is 0 Å². The van der Waals surface area contributed by atoms with E-state index in [1.165, 1.54) is 0 Å². The molecule has 0 amide bonds. The molecule has 0 radical (unpaired) electrons. The minimum Gasteiger partial charge on any atom is -0.284 e. The Labute approximate surface area is 103 Å². The molecule has 0 bridgehead atoms. The van der Waals surface area contributed by atoms with Crippen molar-refractivity contribution >= 4 is 57.9 Å². The van der Waals surface area contributed by atoms with Crippen LogP contribution in [0.2, 0.25) is 0 Å². The predicted octanol–water partition coefficient (Wildman–Crippen LogP) is 3.03. The zero-order valence-electron chi connectivity index (χ0n) is 6.63. The molecule has 1 saturated carbocycles. The molecule has 1 N–H and O–H groups in total. The van der Waals surface area contributed by atoms with Crippen molar-refractivity contribution < 1.29 is 13.0 Å². The second-order valence-corrected chi connectivity index (χ2v) is 10.4. The smallest absolute Gasteiger partial charge is 0.283 e. The summed E-state index contributed by atoms with van der Waals surface area (Å²) < 4.78 is 29.4. The van der Waals surface area contributed by atoms with E-state index in [-0.39, 0.29) is 0 Å². The molecule has 0 heterocycles. The van der Waals surface area contributed by atoms with E-state index in [4.69, 9.17) is 4.55 Å². The molecule has 7 heteroatoms. The highest BCUT2D eigenvalue weighted by molar-refractivity contribution is 9.26. The maximum Gasteiger partial charge on any atom is 0.283 e. The summed E-state index contributed by atoms with van der Waals surface area (Å²) in [6, 6.07) is 0. The Morgan fingerprint density at radius 3 is 1.85 bits per heavy atom. The van der Waals surface area contributed by atoms with Crippen molar-refractivity contribution in [1.29, 1.82) is 0 Å². The van der Waals surface area contributed by atoms with Gasteiger partial charge in [-0.2, -0.15) is 8.42 Å². The lowest BCUT2D eigenvalue weighted by Gasteiger charge is -2.40. The van der Waals surface area contributed by atoms with Gasteiger partial charge in [-0.3, -0.25) is 4.55 Å². The minimum atomic E-state index is -4.11. The Balaban J connectivity index is 3.13. The first kappa shape index (κ1) is 12.4. The summed E-state index contributed by atoms with van der Waals surface area (Å²) in [5.74, 6) is 0. The van der Waals surface area contributed by atoms with Crippen LogP contribution in [0.15, 0.2) is 0 Å². The third kappa shape index (κ3) is 2.14. The molecule has 1 rings (SSSR count). The van der Waals surface area contributed by atoms with Crippen LogP contribution in [0.4, 0.5) is 0 Å². The van der Waals surface area contributed by atoms with E-state index in [1.807, 2.05) is 0 Å². The zero-order valence-corrected chi connectivity index (χ0v) is 12.2. The molecule has 0 aromatic rings. The van der Waals surface area contributed by atoms with Crippen LogP contribution in [0, 0.1) is 0 Å². The molecule has 0 aromatic carbocycles. The molecule has 0 saturated heterocycles. The molecule has 1 aliphatic rings. The normalized spacial score (nSPS) is 34.5. The van der Waals surface area contributed by atoms with Gasteiger partial charge < -0.3 is 0 Å². The van der Waals surface area contributed by atoms with Crippen LogP contribution in [-0.4, -0.2) is 19.9 Å². The predicted molar refractivity (Wildman–Crippen MR) is 62.3 cm³/mol. The van der Waals surface area contributed by atoms with Gasteiger partial charge in [0.15, 0.2) is 3.66 Å². The Morgan fingerprint density at radius 1 is 1.08 bits per heavy atom. The van der Waals surface area contributed by atoms with Gasteiger partial charge >= 0.3 is 0 Å². The topological polar surface area (TPSA) is 54.4 Å². The highest BCUT2D eigenvalue weighted by Crippen LogP contribution is 2.55. The van der Waals surface area contributed by atoms with E-state index in [0.717, 1.165) is 12.8 Å². The van der Waals surface area contributed by atoms with Crippen LogP contribution in [0.3, 0.4) is 0 Å². The molecule has 0 aromatic heterocycles. The van der Waals surface area contributed by atoms with Crippen LogP contribution < -0.4 is 0 Å². The molecule has 0 aliphatic heterocycles. The molecule has 13 heavy (non-hydrogen) atoms. The van der Waals surface area contributed by atoms with Crippen LogP contribution >= 0.6 is 47.8 Å². The molecule has 0 spiro atoms. The maximum absolute atomic E-state index is 11.2. The largest absolute Gasteiger partial charge is 0.284 e. The Kier molecular flexibility index (Phi) is 3.57. The molecule has 1 atom stereocenters. The SMILES string of the molecule is O=S(=O)(O)C1(Br)CCCCC1(Br)Br. The first-order valence-corrected chi connectivity index (χ1v) is 7.56. The van der Waals surface area contributed by atoms with Gasteiger partial charge in [0, 0.05) is 0 Å². The number of hydrogen-bond donors (Lipinski definition) is 1. The van der Waals surface area contributed by atoms with Crippen molar-refractivity contribution in [2.45, 2.75) is 32.6 Å². The van der Waals surface area contributed by atoms with Gasteiger partial charge in [0.1, 0.15) is 3.23 Å². The van der Waals surface area contributed by atoms with Crippen molar-refractivity contribution in [3.63, 3.8) is 0 Å². The van der Waals surface area contributed by atoms with Crippen LogP contribution in [-0.2, 0) is 10.1 Å². The van der Waals surface area contributed by atoms with Gasteiger partial charge in [0.2, 0.25) is 0 Å². The lowest BCUT2D eigenvalue weighted by atomic mass is 10.00. The third-order valence-corrected chi connectivity index (χ3v) is 9.60. The summed E-state index contributed by atoms with van der Waals surface area (Å²) in [5.41, 5.74) is 0. The molecule has 1 unspecified atom stereocenters. The van der Waals surface area contributed by atoms with Crippen molar-refractivity contribution in [3.8, 4) is 0 Å². The summed E-state index contributed by atoms with van der Waals surface area (Å²) in [6.07, 6.45) is 2.75. The first-order chi connectivity index (χ1) is 5.71. The Bertz CT molecular complexity index is 300. The number of halogens is 3. The lowest BCUT2D eigenvalue weighted by Crippen LogP contribution is -2.48. The number of alkyl halides is 3. The minimum absolute atomic E-state index is 0.391. The van der Waals surface area contributed by atoms with E-state index in [9.17, 15) is 8.42 Å². The summed E-state index contributed by atoms with van der Waals surface area (Å²) in [5, 5.41) is 0. The average Bonchev–Trinajstić information content (AvgIpc) is 1.93. The first-order valence-electron chi connectivity index (χ1n) is 3.74. The highest BCUT2D eigenvalue weighted by atomic mass is 79.9. The monoisotopic (exact) mass is 398 g/mol. The standard InChI is InChI=1S/C6H9Br3O3S/c7-5(8)3-1-2-4-6(5,9)13(10,11)12/h1-4H2,(H,10,11,12).